The molecule has 2 unspecified atom stereocenters. The lowest BCUT2D eigenvalue weighted by molar-refractivity contribution is 0.0722. The van der Waals surface area contributed by atoms with Crippen LogP contribution in [-0.2, 0) is 0 Å². The molecule has 1 N–H and O–H groups in total. The summed E-state index contributed by atoms with van der Waals surface area (Å²) in [6.45, 7) is 2.92. The molecule has 1 heterocycles. The Bertz CT molecular complexity index is 353. The average Bonchev–Trinajstić information content (AvgIpc) is 2.40. The third-order valence-electron chi connectivity index (χ3n) is 3.83. The van der Waals surface area contributed by atoms with Crippen molar-refractivity contribution in [1.29, 1.82) is 0 Å². The number of likely N-dealkylation sites (tertiary alicyclic amines) is 1. The second-order valence-electron chi connectivity index (χ2n) is 5.45. The Morgan fingerprint density at radius 2 is 2.06 bits per heavy atom. The molecule has 0 saturated carbocycles. The molecule has 0 aromatic heterocycles. The normalized spacial score (nSPS) is 23.2. The summed E-state index contributed by atoms with van der Waals surface area (Å²) in [4.78, 5) is 4.67. The van der Waals surface area contributed by atoms with Gasteiger partial charge < -0.3 is 10.0 Å². The molecule has 1 aromatic rings. The van der Waals surface area contributed by atoms with Crippen LogP contribution >= 0.6 is 0 Å². The summed E-state index contributed by atoms with van der Waals surface area (Å²) in [5.74, 6) is 0. The van der Waals surface area contributed by atoms with Crippen LogP contribution in [0.1, 0.15) is 24.5 Å². The number of aliphatic hydroxyl groups excluding tert-OH is 1. The summed E-state index contributed by atoms with van der Waals surface area (Å²) < 4.78 is 0. The number of rotatable bonds is 4. The molecule has 2 atom stereocenters. The molecule has 3 heteroatoms. The van der Waals surface area contributed by atoms with Crippen molar-refractivity contribution in [1.82, 2.24) is 9.80 Å². The van der Waals surface area contributed by atoms with Crippen molar-refractivity contribution in [2.75, 3.05) is 33.7 Å². The summed E-state index contributed by atoms with van der Waals surface area (Å²) in [5.41, 5.74) is 1.02. The predicted octanol–water partition coefficient (Wildman–Crippen LogP) is 1.75. The van der Waals surface area contributed by atoms with Gasteiger partial charge >= 0.3 is 0 Å². The molecule has 2 rings (SSSR count). The molecule has 1 aliphatic rings. The lowest BCUT2D eigenvalue weighted by atomic mass is 10.0. The number of piperidine rings is 1. The lowest BCUT2D eigenvalue weighted by Crippen LogP contribution is -2.46. The first-order valence-electron chi connectivity index (χ1n) is 6.78. The largest absolute Gasteiger partial charge is 0.387 e. The number of nitrogens with zero attached hydrogens (tertiary/aromatic N) is 2. The summed E-state index contributed by atoms with van der Waals surface area (Å²) in [6.07, 6.45) is 2.13. The Labute approximate surface area is 110 Å². The van der Waals surface area contributed by atoms with E-state index in [-0.39, 0.29) is 6.10 Å². The molecule has 100 valence electrons. The minimum Gasteiger partial charge on any atom is -0.387 e. The van der Waals surface area contributed by atoms with E-state index in [1.54, 1.807) is 0 Å². The van der Waals surface area contributed by atoms with E-state index < -0.39 is 0 Å². The maximum absolute atomic E-state index is 10.2. The topological polar surface area (TPSA) is 26.7 Å². The van der Waals surface area contributed by atoms with Crippen LogP contribution in [0.4, 0.5) is 0 Å². The fourth-order valence-electron chi connectivity index (χ4n) is 2.64. The standard InChI is InChI=1S/C15H24N2O/c1-16(2)14-9-6-10-17(11-14)12-15(18)13-7-4-3-5-8-13/h3-5,7-8,14-15,18H,6,9-12H2,1-2H3. The predicted molar refractivity (Wildman–Crippen MR) is 74.6 cm³/mol. The number of benzene rings is 1. The van der Waals surface area contributed by atoms with Crippen molar-refractivity contribution in [3.8, 4) is 0 Å². The van der Waals surface area contributed by atoms with Crippen LogP contribution in [0.5, 0.6) is 0 Å². The highest BCUT2D eigenvalue weighted by Crippen LogP contribution is 2.18. The molecule has 1 aliphatic heterocycles. The smallest absolute Gasteiger partial charge is 0.0916 e. The van der Waals surface area contributed by atoms with Crippen LogP contribution < -0.4 is 0 Å². The number of aliphatic hydroxyl groups is 1. The lowest BCUT2D eigenvalue weighted by Gasteiger charge is -2.37. The van der Waals surface area contributed by atoms with Gasteiger partial charge in [-0.2, -0.15) is 0 Å². The van der Waals surface area contributed by atoms with Crippen LogP contribution in [0.3, 0.4) is 0 Å². The highest BCUT2D eigenvalue weighted by Gasteiger charge is 2.23. The van der Waals surface area contributed by atoms with Crippen LogP contribution in [0, 0.1) is 0 Å². The van der Waals surface area contributed by atoms with Crippen LogP contribution in [-0.4, -0.2) is 54.7 Å². The van der Waals surface area contributed by atoms with Gasteiger partial charge in [0.05, 0.1) is 6.10 Å². The number of hydrogen-bond acceptors (Lipinski definition) is 3. The zero-order valence-electron chi connectivity index (χ0n) is 11.4. The second kappa shape index (κ2) is 6.32. The van der Waals surface area contributed by atoms with Crippen LogP contribution in [0.2, 0.25) is 0 Å². The van der Waals surface area contributed by atoms with Gasteiger partial charge in [0.15, 0.2) is 0 Å². The maximum atomic E-state index is 10.2. The monoisotopic (exact) mass is 248 g/mol. The Hall–Kier alpha value is -0.900. The van der Waals surface area contributed by atoms with Gasteiger partial charge in [0.2, 0.25) is 0 Å². The molecule has 0 spiro atoms. The fraction of sp³-hybridized carbons (Fsp3) is 0.600. The first-order chi connectivity index (χ1) is 8.66. The van der Waals surface area contributed by atoms with Crippen molar-refractivity contribution in [3.63, 3.8) is 0 Å². The summed E-state index contributed by atoms with van der Waals surface area (Å²) in [5, 5.41) is 10.2. The quantitative estimate of drug-likeness (QED) is 0.879. The minimum absolute atomic E-state index is 0.368. The van der Waals surface area contributed by atoms with E-state index in [9.17, 15) is 5.11 Å². The van der Waals surface area contributed by atoms with E-state index in [2.05, 4.69) is 23.9 Å². The SMILES string of the molecule is CN(C)C1CCCN(CC(O)c2ccccc2)C1. The zero-order chi connectivity index (χ0) is 13.0. The van der Waals surface area contributed by atoms with Gasteiger partial charge in [-0.15, -0.1) is 0 Å². The number of hydrogen-bond donors (Lipinski definition) is 1. The molecule has 1 fully saturated rings. The zero-order valence-corrected chi connectivity index (χ0v) is 11.4. The van der Waals surface area contributed by atoms with Gasteiger partial charge in [-0.25, -0.2) is 0 Å². The Balaban J connectivity index is 1.89. The maximum Gasteiger partial charge on any atom is 0.0916 e. The number of likely N-dealkylation sites (N-methyl/N-ethyl adjacent to an activating group) is 1. The first-order valence-corrected chi connectivity index (χ1v) is 6.78. The van der Waals surface area contributed by atoms with Crippen molar-refractivity contribution < 1.29 is 5.11 Å². The molecule has 1 saturated heterocycles. The molecule has 18 heavy (non-hydrogen) atoms. The van der Waals surface area contributed by atoms with E-state index in [0.29, 0.717) is 6.04 Å². The van der Waals surface area contributed by atoms with Gasteiger partial charge in [0.25, 0.3) is 0 Å². The Morgan fingerprint density at radius 3 is 2.72 bits per heavy atom. The minimum atomic E-state index is -0.368. The Kier molecular flexibility index (Phi) is 4.75. The van der Waals surface area contributed by atoms with E-state index >= 15 is 0 Å². The molecule has 0 aliphatic carbocycles. The van der Waals surface area contributed by atoms with Crippen molar-refractivity contribution >= 4 is 0 Å². The second-order valence-corrected chi connectivity index (χ2v) is 5.45. The summed E-state index contributed by atoms with van der Waals surface area (Å²) in [6, 6.07) is 10.6. The molecular formula is C15H24N2O. The molecule has 1 aromatic carbocycles. The van der Waals surface area contributed by atoms with Crippen LogP contribution in [0.15, 0.2) is 30.3 Å². The van der Waals surface area contributed by atoms with Crippen molar-refractivity contribution in [2.45, 2.75) is 25.0 Å². The third kappa shape index (κ3) is 3.55. The average molecular weight is 248 g/mol. The highest BCUT2D eigenvalue weighted by molar-refractivity contribution is 5.17. The highest BCUT2D eigenvalue weighted by atomic mass is 16.3. The van der Waals surface area contributed by atoms with Crippen molar-refractivity contribution in [2.24, 2.45) is 0 Å². The molecular weight excluding hydrogens is 224 g/mol. The third-order valence-corrected chi connectivity index (χ3v) is 3.83. The first kappa shape index (κ1) is 13.5. The van der Waals surface area contributed by atoms with Gasteiger partial charge in [-0.1, -0.05) is 30.3 Å². The van der Waals surface area contributed by atoms with E-state index in [4.69, 9.17) is 0 Å². The van der Waals surface area contributed by atoms with Gasteiger partial charge in [-0.3, -0.25) is 4.90 Å². The van der Waals surface area contributed by atoms with E-state index in [1.165, 1.54) is 12.8 Å². The summed E-state index contributed by atoms with van der Waals surface area (Å²) >= 11 is 0. The summed E-state index contributed by atoms with van der Waals surface area (Å²) in [7, 11) is 4.28. The number of β-amino-alcohol motifs (C(OH)–C–C–N with tert-alkyl or cyclic N) is 1. The van der Waals surface area contributed by atoms with E-state index in [1.807, 2.05) is 30.3 Å². The van der Waals surface area contributed by atoms with Crippen LogP contribution in [0.25, 0.3) is 0 Å². The van der Waals surface area contributed by atoms with Gasteiger partial charge in [0.1, 0.15) is 0 Å². The molecule has 0 bridgehead atoms. The Morgan fingerprint density at radius 1 is 1.33 bits per heavy atom. The van der Waals surface area contributed by atoms with Gasteiger partial charge in [-0.05, 0) is 39.0 Å². The molecule has 0 amide bonds. The molecule has 3 nitrogen and oxygen atoms in total. The van der Waals surface area contributed by atoms with Gasteiger partial charge in [0, 0.05) is 19.1 Å². The van der Waals surface area contributed by atoms with E-state index in [0.717, 1.165) is 25.2 Å². The van der Waals surface area contributed by atoms with Crippen molar-refractivity contribution in [3.05, 3.63) is 35.9 Å². The molecule has 0 radical (unpaired) electrons. The fourth-order valence-corrected chi connectivity index (χ4v) is 2.64.